The highest BCUT2D eigenvalue weighted by Gasteiger charge is 2.25. The third-order valence-corrected chi connectivity index (χ3v) is 4.39. The van der Waals surface area contributed by atoms with Crippen molar-refractivity contribution in [2.24, 2.45) is 0 Å². The fourth-order valence-corrected chi connectivity index (χ4v) is 2.87. The summed E-state index contributed by atoms with van der Waals surface area (Å²) in [6, 6.07) is 7.12. The van der Waals surface area contributed by atoms with E-state index in [9.17, 15) is 18.8 Å². The molecule has 9 heteroatoms. The molecule has 1 unspecified atom stereocenters. The van der Waals surface area contributed by atoms with E-state index in [1.165, 1.54) is 31.4 Å². The molecule has 2 amide bonds. The van der Waals surface area contributed by atoms with E-state index in [-0.39, 0.29) is 48.5 Å². The van der Waals surface area contributed by atoms with Crippen molar-refractivity contribution in [3.63, 3.8) is 0 Å². The summed E-state index contributed by atoms with van der Waals surface area (Å²) in [5.41, 5.74) is -0.000339. The Balaban J connectivity index is 1.47. The molecule has 29 heavy (non-hydrogen) atoms. The lowest BCUT2D eigenvalue weighted by atomic mass is 10.1. The van der Waals surface area contributed by atoms with Crippen molar-refractivity contribution in [2.75, 3.05) is 32.8 Å². The van der Waals surface area contributed by atoms with Crippen LogP contribution in [-0.2, 0) is 9.53 Å². The van der Waals surface area contributed by atoms with Crippen LogP contribution in [0.25, 0.3) is 0 Å². The highest BCUT2D eigenvalue weighted by atomic mass is 19.1. The first kappa shape index (κ1) is 20.5. The van der Waals surface area contributed by atoms with E-state index >= 15 is 0 Å². The molecular formula is C20H21FN2O6. The van der Waals surface area contributed by atoms with Gasteiger partial charge in [-0.2, -0.15) is 0 Å². The quantitative estimate of drug-likeness (QED) is 0.705. The number of halogens is 1. The summed E-state index contributed by atoms with van der Waals surface area (Å²) in [5.74, 6) is -1.33. The molecular weight excluding hydrogens is 383 g/mol. The predicted molar refractivity (Wildman–Crippen MR) is 99.3 cm³/mol. The van der Waals surface area contributed by atoms with Gasteiger partial charge in [-0.25, -0.2) is 4.39 Å². The van der Waals surface area contributed by atoms with Gasteiger partial charge < -0.3 is 24.1 Å². The van der Waals surface area contributed by atoms with Crippen molar-refractivity contribution >= 4 is 17.6 Å². The van der Waals surface area contributed by atoms with Crippen LogP contribution in [0.4, 0.5) is 4.39 Å². The van der Waals surface area contributed by atoms with E-state index in [1.807, 2.05) is 0 Å². The van der Waals surface area contributed by atoms with Crippen molar-refractivity contribution in [3.8, 4) is 5.75 Å². The Kier molecular flexibility index (Phi) is 6.61. The van der Waals surface area contributed by atoms with Gasteiger partial charge in [-0.1, -0.05) is 0 Å². The number of furan rings is 1. The van der Waals surface area contributed by atoms with Crippen LogP contribution < -0.4 is 10.1 Å². The molecule has 3 rings (SSSR count). The fourth-order valence-electron chi connectivity index (χ4n) is 2.87. The summed E-state index contributed by atoms with van der Waals surface area (Å²) in [5, 5.41) is 2.51. The van der Waals surface area contributed by atoms with Gasteiger partial charge in [-0.05, 0) is 31.2 Å². The second kappa shape index (κ2) is 9.33. The Morgan fingerprint density at radius 3 is 2.83 bits per heavy atom. The van der Waals surface area contributed by atoms with Gasteiger partial charge in [-0.3, -0.25) is 14.4 Å². The zero-order valence-corrected chi connectivity index (χ0v) is 15.9. The van der Waals surface area contributed by atoms with Gasteiger partial charge in [0.25, 0.3) is 5.91 Å². The van der Waals surface area contributed by atoms with Gasteiger partial charge in [0.05, 0.1) is 31.5 Å². The third-order valence-electron chi connectivity index (χ3n) is 4.39. The van der Waals surface area contributed by atoms with Gasteiger partial charge in [0.2, 0.25) is 5.91 Å². The molecule has 1 aliphatic rings. The molecule has 2 heterocycles. The molecule has 0 radical (unpaired) electrons. The SMILES string of the molecule is CC(=O)c1ccc(OCC2CN(C(=O)CNC(=O)c3ccco3)CCO2)cc1F. The molecule has 1 N–H and O–H groups in total. The van der Waals surface area contributed by atoms with Crippen LogP contribution >= 0.6 is 0 Å². The standard InChI is InChI=1S/C20H21FN2O6/c1-13(24)16-5-4-14(9-17(16)21)29-12-15-11-23(6-8-27-15)19(25)10-22-20(26)18-3-2-7-28-18/h2-5,7,9,15H,6,8,10-12H2,1H3,(H,22,26). The summed E-state index contributed by atoms with van der Waals surface area (Å²) >= 11 is 0. The average molecular weight is 404 g/mol. The van der Waals surface area contributed by atoms with Crippen LogP contribution in [0.15, 0.2) is 41.0 Å². The summed E-state index contributed by atoms with van der Waals surface area (Å²) in [7, 11) is 0. The van der Waals surface area contributed by atoms with Crippen LogP contribution in [-0.4, -0.2) is 61.4 Å². The van der Waals surface area contributed by atoms with Crippen LogP contribution in [0, 0.1) is 5.82 Å². The average Bonchev–Trinajstić information content (AvgIpc) is 3.25. The van der Waals surface area contributed by atoms with E-state index in [2.05, 4.69) is 5.32 Å². The first-order valence-electron chi connectivity index (χ1n) is 9.08. The molecule has 0 spiro atoms. The highest BCUT2D eigenvalue weighted by molar-refractivity contribution is 5.94. The largest absolute Gasteiger partial charge is 0.491 e. The lowest BCUT2D eigenvalue weighted by Crippen LogP contribution is -2.50. The normalized spacial score (nSPS) is 16.3. The maximum atomic E-state index is 13.9. The Labute approximate surface area is 166 Å². The Morgan fingerprint density at radius 1 is 1.31 bits per heavy atom. The maximum Gasteiger partial charge on any atom is 0.287 e. The first-order valence-corrected chi connectivity index (χ1v) is 9.08. The number of Topliss-reactive ketones (excluding diaryl/α,β-unsaturated/α-hetero) is 1. The minimum Gasteiger partial charge on any atom is -0.491 e. The number of hydrogen-bond donors (Lipinski definition) is 1. The van der Waals surface area contributed by atoms with Crippen molar-refractivity contribution < 1.29 is 32.7 Å². The predicted octanol–water partition coefficient (Wildman–Crippen LogP) is 1.66. The highest BCUT2D eigenvalue weighted by Crippen LogP contribution is 2.18. The van der Waals surface area contributed by atoms with Crippen molar-refractivity contribution in [1.82, 2.24) is 10.2 Å². The number of benzene rings is 1. The zero-order chi connectivity index (χ0) is 20.8. The van der Waals surface area contributed by atoms with Gasteiger partial charge >= 0.3 is 0 Å². The molecule has 1 aliphatic heterocycles. The van der Waals surface area contributed by atoms with Gasteiger partial charge in [0.15, 0.2) is 11.5 Å². The molecule has 1 atom stereocenters. The number of morpholine rings is 1. The van der Waals surface area contributed by atoms with Crippen LogP contribution in [0.1, 0.15) is 27.8 Å². The zero-order valence-electron chi connectivity index (χ0n) is 15.9. The van der Waals surface area contributed by atoms with Crippen LogP contribution in [0.2, 0.25) is 0 Å². The molecule has 1 aromatic carbocycles. The van der Waals surface area contributed by atoms with Crippen LogP contribution in [0.5, 0.6) is 5.75 Å². The summed E-state index contributed by atoms with van der Waals surface area (Å²) in [6.07, 6.45) is 0.979. The molecule has 1 fully saturated rings. The second-order valence-corrected chi connectivity index (χ2v) is 6.50. The smallest absolute Gasteiger partial charge is 0.287 e. The van der Waals surface area contributed by atoms with Gasteiger partial charge in [0, 0.05) is 12.6 Å². The molecule has 2 aromatic rings. The number of nitrogens with one attached hydrogen (secondary N) is 1. The van der Waals surface area contributed by atoms with E-state index in [0.29, 0.717) is 13.2 Å². The van der Waals surface area contributed by atoms with Crippen molar-refractivity contribution in [3.05, 3.63) is 53.7 Å². The van der Waals surface area contributed by atoms with E-state index < -0.39 is 17.8 Å². The number of amides is 2. The summed E-state index contributed by atoms with van der Waals surface area (Å²) < 4.78 is 30.0. The van der Waals surface area contributed by atoms with E-state index in [1.54, 1.807) is 11.0 Å². The number of carbonyl (C=O) groups excluding carboxylic acids is 3. The summed E-state index contributed by atoms with van der Waals surface area (Å²) in [4.78, 5) is 37.0. The number of rotatable bonds is 7. The molecule has 0 aliphatic carbocycles. The molecule has 1 saturated heterocycles. The lowest BCUT2D eigenvalue weighted by Gasteiger charge is -2.32. The monoisotopic (exact) mass is 404 g/mol. The topological polar surface area (TPSA) is 98.1 Å². The number of nitrogens with zero attached hydrogens (tertiary/aromatic N) is 1. The Bertz CT molecular complexity index is 883. The molecule has 0 bridgehead atoms. The number of hydrogen-bond acceptors (Lipinski definition) is 6. The van der Waals surface area contributed by atoms with Gasteiger partial charge in [-0.15, -0.1) is 0 Å². The number of carbonyl (C=O) groups is 3. The minimum absolute atomic E-state index is 0.000339. The number of ether oxygens (including phenoxy) is 2. The third kappa shape index (κ3) is 5.41. The van der Waals surface area contributed by atoms with Crippen molar-refractivity contribution in [2.45, 2.75) is 13.0 Å². The van der Waals surface area contributed by atoms with Crippen molar-refractivity contribution in [1.29, 1.82) is 0 Å². The van der Waals surface area contributed by atoms with Gasteiger partial charge in [0.1, 0.15) is 24.3 Å². The fraction of sp³-hybridized carbons (Fsp3) is 0.350. The van der Waals surface area contributed by atoms with Crippen LogP contribution in [0.3, 0.4) is 0 Å². The molecule has 0 saturated carbocycles. The minimum atomic E-state index is -0.649. The summed E-state index contributed by atoms with van der Waals surface area (Å²) in [6.45, 7) is 2.24. The Morgan fingerprint density at radius 2 is 2.14 bits per heavy atom. The lowest BCUT2D eigenvalue weighted by molar-refractivity contribution is -0.138. The number of ketones is 1. The molecule has 154 valence electrons. The molecule has 1 aromatic heterocycles. The Hall–Kier alpha value is -3.20. The van der Waals surface area contributed by atoms with E-state index in [0.717, 1.165) is 6.07 Å². The maximum absolute atomic E-state index is 13.9. The van der Waals surface area contributed by atoms with E-state index in [4.69, 9.17) is 13.9 Å². The second-order valence-electron chi connectivity index (χ2n) is 6.50. The molecule has 8 nitrogen and oxygen atoms in total. The first-order chi connectivity index (χ1) is 13.9.